The maximum Gasteiger partial charge on any atom is -0.00672 e. The molecule has 0 aliphatic heterocycles. The molecular formula is C17H35S. The van der Waals surface area contributed by atoms with E-state index in [0.29, 0.717) is 0 Å². The van der Waals surface area contributed by atoms with Crippen molar-refractivity contribution in [3.05, 3.63) is 6.92 Å². The third-order valence-electron chi connectivity index (χ3n) is 3.54. The van der Waals surface area contributed by atoms with E-state index in [0.717, 1.165) is 5.75 Å². The first-order chi connectivity index (χ1) is 8.91. The molecule has 1 radical (unpaired) electrons. The quantitative estimate of drug-likeness (QED) is 0.301. The van der Waals surface area contributed by atoms with Gasteiger partial charge in [0.25, 0.3) is 0 Å². The SMILES string of the molecule is [CH2]CSCCCCCCCCCCCCCCC. The minimum absolute atomic E-state index is 1.04. The van der Waals surface area contributed by atoms with Crippen molar-refractivity contribution in [1.82, 2.24) is 0 Å². The fourth-order valence-electron chi connectivity index (χ4n) is 2.32. The van der Waals surface area contributed by atoms with Crippen molar-refractivity contribution in [2.45, 2.75) is 90.4 Å². The Labute approximate surface area is 121 Å². The Hall–Kier alpha value is 0.350. The van der Waals surface area contributed by atoms with Crippen molar-refractivity contribution in [1.29, 1.82) is 0 Å². The van der Waals surface area contributed by atoms with Crippen molar-refractivity contribution in [3.8, 4) is 0 Å². The van der Waals surface area contributed by atoms with Crippen LogP contribution in [0.3, 0.4) is 0 Å². The number of unbranched alkanes of at least 4 members (excludes halogenated alkanes) is 12. The molecule has 0 saturated carbocycles. The lowest BCUT2D eigenvalue weighted by atomic mass is 10.1. The predicted octanol–water partition coefficient (Wildman–Crippen LogP) is 6.64. The fourth-order valence-corrected chi connectivity index (χ4v) is 2.94. The average Bonchev–Trinajstić information content (AvgIpc) is 2.39. The lowest BCUT2D eigenvalue weighted by molar-refractivity contribution is 0.543. The molecule has 0 atom stereocenters. The molecule has 0 bridgehead atoms. The molecule has 0 aliphatic rings. The first kappa shape index (κ1) is 18.4. The molecule has 0 fully saturated rings. The highest BCUT2D eigenvalue weighted by Gasteiger charge is 1.93. The molecule has 0 aromatic rings. The zero-order valence-corrected chi connectivity index (χ0v) is 13.5. The molecule has 0 aromatic heterocycles. The topological polar surface area (TPSA) is 0 Å². The van der Waals surface area contributed by atoms with E-state index in [1.54, 1.807) is 0 Å². The van der Waals surface area contributed by atoms with Crippen molar-refractivity contribution in [3.63, 3.8) is 0 Å². The van der Waals surface area contributed by atoms with Gasteiger partial charge in [0.05, 0.1) is 0 Å². The van der Waals surface area contributed by atoms with Crippen LogP contribution in [0.1, 0.15) is 90.4 Å². The van der Waals surface area contributed by atoms with E-state index in [1.807, 2.05) is 11.8 Å². The van der Waals surface area contributed by atoms with Crippen LogP contribution < -0.4 is 0 Å². The summed E-state index contributed by atoms with van der Waals surface area (Å²) in [6.07, 6.45) is 18.9. The maximum atomic E-state index is 3.85. The van der Waals surface area contributed by atoms with Crippen LogP contribution in [-0.2, 0) is 0 Å². The second-order valence-corrected chi connectivity index (χ2v) is 6.58. The van der Waals surface area contributed by atoms with Crippen molar-refractivity contribution in [2.24, 2.45) is 0 Å². The van der Waals surface area contributed by atoms with Crippen molar-refractivity contribution in [2.75, 3.05) is 11.5 Å². The van der Waals surface area contributed by atoms with Crippen LogP contribution in [0.2, 0.25) is 0 Å². The monoisotopic (exact) mass is 271 g/mol. The fraction of sp³-hybridized carbons (Fsp3) is 0.941. The Balaban J connectivity index is 2.86. The van der Waals surface area contributed by atoms with Gasteiger partial charge in [-0.1, -0.05) is 84.0 Å². The summed E-state index contributed by atoms with van der Waals surface area (Å²) in [6.45, 7) is 6.14. The van der Waals surface area contributed by atoms with Crippen molar-refractivity contribution < 1.29 is 0 Å². The summed E-state index contributed by atoms with van der Waals surface area (Å²) < 4.78 is 0. The van der Waals surface area contributed by atoms with Gasteiger partial charge in [-0.25, -0.2) is 0 Å². The summed E-state index contributed by atoms with van der Waals surface area (Å²) in [5.74, 6) is 2.36. The first-order valence-electron chi connectivity index (χ1n) is 8.28. The molecule has 0 rings (SSSR count). The Kier molecular flexibility index (Phi) is 17.7. The summed E-state index contributed by atoms with van der Waals surface area (Å²) >= 11 is 1.98. The summed E-state index contributed by atoms with van der Waals surface area (Å²) in [5.41, 5.74) is 0. The van der Waals surface area contributed by atoms with Gasteiger partial charge < -0.3 is 0 Å². The van der Waals surface area contributed by atoms with E-state index in [2.05, 4.69) is 13.8 Å². The molecule has 1 heteroatoms. The van der Waals surface area contributed by atoms with Crippen LogP contribution >= 0.6 is 11.8 Å². The summed E-state index contributed by atoms with van der Waals surface area (Å²) in [7, 11) is 0. The molecule has 0 heterocycles. The van der Waals surface area contributed by atoms with E-state index in [9.17, 15) is 0 Å². The van der Waals surface area contributed by atoms with Crippen LogP contribution in [0.4, 0.5) is 0 Å². The lowest BCUT2D eigenvalue weighted by Gasteiger charge is -2.02. The predicted molar refractivity (Wildman–Crippen MR) is 88.4 cm³/mol. The molecule has 0 nitrogen and oxygen atoms in total. The zero-order chi connectivity index (χ0) is 13.3. The lowest BCUT2D eigenvalue weighted by Crippen LogP contribution is -1.84. The average molecular weight is 272 g/mol. The number of rotatable bonds is 15. The molecule has 0 amide bonds. The Morgan fingerprint density at radius 2 is 1.00 bits per heavy atom. The number of hydrogen-bond donors (Lipinski definition) is 0. The zero-order valence-electron chi connectivity index (χ0n) is 12.7. The molecule has 0 spiro atoms. The largest absolute Gasteiger partial charge is 0.162 e. The Bertz CT molecular complexity index is 118. The molecule has 109 valence electrons. The minimum atomic E-state index is 1.04. The number of thioether (sulfide) groups is 1. The Morgan fingerprint density at radius 1 is 0.611 bits per heavy atom. The van der Waals surface area contributed by atoms with Crippen LogP contribution in [0.15, 0.2) is 0 Å². The third-order valence-corrected chi connectivity index (χ3v) is 4.40. The van der Waals surface area contributed by atoms with Gasteiger partial charge in [-0.2, -0.15) is 11.8 Å². The van der Waals surface area contributed by atoms with Crippen LogP contribution in [0, 0.1) is 6.92 Å². The second-order valence-electron chi connectivity index (χ2n) is 5.36. The number of hydrogen-bond acceptors (Lipinski definition) is 1. The standard InChI is InChI=1S/C17H35S/c1-3-5-6-7-8-9-10-11-12-13-14-15-16-17-18-4-2/h2-17H2,1H3. The molecule has 0 N–H and O–H groups in total. The highest BCUT2D eigenvalue weighted by Crippen LogP contribution is 2.13. The molecule has 0 aromatic carbocycles. The smallest absolute Gasteiger partial charge is 0.00672 e. The van der Waals surface area contributed by atoms with E-state index < -0.39 is 0 Å². The molecule has 0 aliphatic carbocycles. The minimum Gasteiger partial charge on any atom is -0.162 e. The highest BCUT2D eigenvalue weighted by molar-refractivity contribution is 7.99. The van der Waals surface area contributed by atoms with Gasteiger partial charge in [0, 0.05) is 0 Å². The van der Waals surface area contributed by atoms with Gasteiger partial charge >= 0.3 is 0 Å². The maximum absolute atomic E-state index is 3.85. The van der Waals surface area contributed by atoms with Gasteiger partial charge in [0.1, 0.15) is 0 Å². The summed E-state index contributed by atoms with van der Waals surface area (Å²) in [4.78, 5) is 0. The molecular weight excluding hydrogens is 236 g/mol. The summed E-state index contributed by atoms with van der Waals surface area (Å²) in [6, 6.07) is 0. The molecule has 0 unspecified atom stereocenters. The summed E-state index contributed by atoms with van der Waals surface area (Å²) in [5, 5.41) is 0. The Morgan fingerprint density at radius 3 is 1.39 bits per heavy atom. The van der Waals surface area contributed by atoms with Crippen LogP contribution in [0.5, 0.6) is 0 Å². The van der Waals surface area contributed by atoms with E-state index in [4.69, 9.17) is 0 Å². The van der Waals surface area contributed by atoms with Crippen LogP contribution in [0.25, 0.3) is 0 Å². The van der Waals surface area contributed by atoms with Gasteiger partial charge in [-0.15, -0.1) is 0 Å². The highest BCUT2D eigenvalue weighted by atomic mass is 32.2. The first-order valence-corrected chi connectivity index (χ1v) is 9.44. The molecule has 18 heavy (non-hydrogen) atoms. The van der Waals surface area contributed by atoms with Gasteiger partial charge in [0.2, 0.25) is 0 Å². The van der Waals surface area contributed by atoms with Crippen molar-refractivity contribution >= 4 is 11.8 Å². The second kappa shape index (κ2) is 17.4. The van der Waals surface area contributed by atoms with Gasteiger partial charge in [0.15, 0.2) is 0 Å². The third kappa shape index (κ3) is 16.4. The van der Waals surface area contributed by atoms with E-state index >= 15 is 0 Å². The normalized spacial score (nSPS) is 11.0. The molecule has 0 saturated heterocycles. The van der Waals surface area contributed by atoms with Gasteiger partial charge in [-0.05, 0) is 24.9 Å². The van der Waals surface area contributed by atoms with Gasteiger partial charge in [-0.3, -0.25) is 0 Å². The van der Waals surface area contributed by atoms with E-state index in [1.165, 1.54) is 89.2 Å². The van der Waals surface area contributed by atoms with Crippen LogP contribution in [-0.4, -0.2) is 11.5 Å². The van der Waals surface area contributed by atoms with E-state index in [-0.39, 0.29) is 0 Å².